The Bertz CT molecular complexity index is 838. The minimum Gasteiger partial charge on any atom is -0.508 e. The molecule has 0 unspecified atom stereocenters. The SMILES string of the molecule is Oc1ccc2[nH]c(-c3cnc(N4CCC(CF)CC4)nc3)cc2c1. The lowest BCUT2D eigenvalue weighted by molar-refractivity contribution is 0.306. The van der Waals surface area contributed by atoms with Crippen LogP contribution in [-0.4, -0.2) is 39.8 Å². The van der Waals surface area contributed by atoms with Crippen LogP contribution >= 0.6 is 0 Å². The summed E-state index contributed by atoms with van der Waals surface area (Å²) in [5.41, 5.74) is 2.77. The van der Waals surface area contributed by atoms with Gasteiger partial charge in [-0.2, -0.15) is 0 Å². The number of phenolic OH excluding ortho intramolecular Hbond substituents is 1. The van der Waals surface area contributed by atoms with Crippen LogP contribution in [0.5, 0.6) is 5.75 Å². The molecule has 3 heterocycles. The number of aromatic hydroxyl groups is 1. The first-order valence-corrected chi connectivity index (χ1v) is 8.18. The van der Waals surface area contributed by atoms with Crippen LogP contribution in [0, 0.1) is 5.92 Å². The second-order valence-electron chi connectivity index (χ2n) is 6.31. The van der Waals surface area contributed by atoms with E-state index in [1.54, 1.807) is 24.5 Å². The van der Waals surface area contributed by atoms with Gasteiger partial charge in [-0.3, -0.25) is 4.39 Å². The summed E-state index contributed by atoms with van der Waals surface area (Å²) in [6, 6.07) is 7.20. The fourth-order valence-corrected chi connectivity index (χ4v) is 3.19. The summed E-state index contributed by atoms with van der Waals surface area (Å²) < 4.78 is 12.7. The first-order chi connectivity index (χ1) is 11.7. The number of phenols is 1. The van der Waals surface area contributed by atoms with Gasteiger partial charge in [0.1, 0.15) is 5.75 Å². The van der Waals surface area contributed by atoms with Crippen molar-refractivity contribution < 1.29 is 9.50 Å². The lowest BCUT2D eigenvalue weighted by Gasteiger charge is -2.30. The molecule has 3 aromatic rings. The molecule has 1 aliphatic heterocycles. The molecule has 0 atom stereocenters. The van der Waals surface area contributed by atoms with Crippen molar-refractivity contribution in [2.24, 2.45) is 5.92 Å². The number of alkyl halides is 1. The zero-order valence-electron chi connectivity index (χ0n) is 13.2. The van der Waals surface area contributed by atoms with Crippen LogP contribution < -0.4 is 4.90 Å². The number of rotatable bonds is 3. The fourth-order valence-electron chi connectivity index (χ4n) is 3.19. The highest BCUT2D eigenvalue weighted by Gasteiger charge is 2.20. The maximum Gasteiger partial charge on any atom is 0.225 e. The van der Waals surface area contributed by atoms with Gasteiger partial charge in [0.25, 0.3) is 0 Å². The van der Waals surface area contributed by atoms with Crippen molar-refractivity contribution in [1.29, 1.82) is 0 Å². The zero-order chi connectivity index (χ0) is 16.5. The fraction of sp³-hybridized carbons (Fsp3) is 0.333. The minimum atomic E-state index is -0.233. The van der Waals surface area contributed by atoms with Crippen LogP contribution in [0.15, 0.2) is 36.7 Å². The van der Waals surface area contributed by atoms with Gasteiger partial charge in [0.05, 0.1) is 6.67 Å². The molecule has 24 heavy (non-hydrogen) atoms. The second kappa shape index (κ2) is 6.11. The minimum absolute atomic E-state index is 0.184. The molecule has 4 rings (SSSR count). The van der Waals surface area contributed by atoms with Gasteiger partial charge in [-0.15, -0.1) is 0 Å². The molecule has 1 aromatic carbocycles. The van der Waals surface area contributed by atoms with E-state index in [4.69, 9.17) is 0 Å². The largest absolute Gasteiger partial charge is 0.508 e. The average Bonchev–Trinajstić information content (AvgIpc) is 3.05. The molecule has 6 heteroatoms. The number of nitrogens with one attached hydrogen (secondary N) is 1. The van der Waals surface area contributed by atoms with Gasteiger partial charge in [-0.1, -0.05) is 0 Å². The Labute approximate surface area is 139 Å². The first kappa shape index (κ1) is 14.9. The predicted octanol–water partition coefficient (Wildman–Crippen LogP) is 3.52. The van der Waals surface area contributed by atoms with Crippen LogP contribution in [0.2, 0.25) is 0 Å². The van der Waals surface area contributed by atoms with Crippen molar-refractivity contribution in [3.05, 3.63) is 36.7 Å². The van der Waals surface area contributed by atoms with Crippen LogP contribution in [-0.2, 0) is 0 Å². The van der Waals surface area contributed by atoms with E-state index in [2.05, 4.69) is 19.9 Å². The Morgan fingerprint density at radius 1 is 1.17 bits per heavy atom. The maximum absolute atomic E-state index is 12.7. The standard InChI is InChI=1S/C18H19FN4O/c19-9-12-3-5-23(6-4-12)18-20-10-14(11-21-18)17-8-13-7-15(24)1-2-16(13)22-17/h1-2,7-8,10-12,22,24H,3-6,9H2. The van der Waals surface area contributed by atoms with Gasteiger partial charge in [-0.25, -0.2) is 9.97 Å². The molecule has 2 N–H and O–H groups in total. The summed E-state index contributed by atoms with van der Waals surface area (Å²) in [6.45, 7) is 1.38. The topological polar surface area (TPSA) is 65.0 Å². The normalized spacial score (nSPS) is 16.0. The molecule has 1 fully saturated rings. The molecule has 0 bridgehead atoms. The maximum atomic E-state index is 12.7. The van der Waals surface area contributed by atoms with Crippen LogP contribution in [0.25, 0.3) is 22.2 Å². The van der Waals surface area contributed by atoms with E-state index in [1.165, 1.54) is 0 Å². The summed E-state index contributed by atoms with van der Waals surface area (Å²) in [5, 5.41) is 10.5. The molecule has 0 radical (unpaired) electrons. The number of hydrogen-bond donors (Lipinski definition) is 2. The highest BCUT2D eigenvalue weighted by molar-refractivity contribution is 5.86. The number of fused-ring (bicyclic) bond motifs is 1. The third kappa shape index (κ3) is 2.79. The van der Waals surface area contributed by atoms with Crippen LogP contribution in [0.1, 0.15) is 12.8 Å². The van der Waals surface area contributed by atoms with E-state index in [0.717, 1.165) is 48.1 Å². The van der Waals surface area contributed by atoms with Crippen LogP contribution in [0.4, 0.5) is 10.3 Å². The van der Waals surface area contributed by atoms with Gasteiger partial charge in [0.15, 0.2) is 0 Å². The van der Waals surface area contributed by atoms with Gasteiger partial charge in [-0.05, 0) is 43.0 Å². The summed E-state index contributed by atoms with van der Waals surface area (Å²) in [7, 11) is 0. The molecule has 5 nitrogen and oxygen atoms in total. The monoisotopic (exact) mass is 326 g/mol. The second-order valence-corrected chi connectivity index (χ2v) is 6.31. The molecule has 0 amide bonds. The molecular formula is C18H19FN4O. The van der Waals surface area contributed by atoms with Crippen LogP contribution in [0.3, 0.4) is 0 Å². The summed E-state index contributed by atoms with van der Waals surface area (Å²) >= 11 is 0. The predicted molar refractivity (Wildman–Crippen MR) is 91.9 cm³/mol. The third-order valence-electron chi connectivity index (χ3n) is 4.67. The number of piperidine rings is 1. The van der Waals surface area contributed by atoms with E-state index in [0.29, 0.717) is 5.95 Å². The lowest BCUT2D eigenvalue weighted by Crippen LogP contribution is -2.35. The molecule has 0 aliphatic carbocycles. The van der Waals surface area contributed by atoms with E-state index in [9.17, 15) is 9.50 Å². The van der Waals surface area contributed by atoms with Gasteiger partial charge < -0.3 is 15.0 Å². The van der Waals surface area contributed by atoms with E-state index < -0.39 is 0 Å². The Hall–Kier alpha value is -2.63. The van der Waals surface area contributed by atoms with Gasteiger partial charge in [0, 0.05) is 47.6 Å². The number of aromatic nitrogens is 3. The number of H-pyrrole nitrogens is 1. The molecule has 2 aromatic heterocycles. The van der Waals surface area contributed by atoms with E-state index in [1.807, 2.05) is 12.1 Å². The third-order valence-corrected chi connectivity index (χ3v) is 4.67. The number of aromatic amines is 1. The quantitative estimate of drug-likeness (QED) is 0.773. The summed E-state index contributed by atoms with van der Waals surface area (Å²) in [6.07, 6.45) is 5.31. The summed E-state index contributed by atoms with van der Waals surface area (Å²) in [4.78, 5) is 14.4. The van der Waals surface area contributed by atoms with Crippen molar-refractivity contribution in [1.82, 2.24) is 15.0 Å². The molecule has 0 saturated carbocycles. The average molecular weight is 326 g/mol. The smallest absolute Gasteiger partial charge is 0.225 e. The Morgan fingerprint density at radius 3 is 2.62 bits per heavy atom. The van der Waals surface area contributed by atoms with E-state index in [-0.39, 0.29) is 18.3 Å². The number of anilines is 1. The summed E-state index contributed by atoms with van der Waals surface area (Å²) in [5.74, 6) is 1.13. The first-order valence-electron chi connectivity index (χ1n) is 8.18. The van der Waals surface area contributed by atoms with Gasteiger partial charge >= 0.3 is 0 Å². The molecule has 0 spiro atoms. The molecular weight excluding hydrogens is 307 g/mol. The van der Waals surface area contributed by atoms with Crippen molar-refractivity contribution in [3.63, 3.8) is 0 Å². The van der Waals surface area contributed by atoms with Gasteiger partial charge in [0.2, 0.25) is 5.95 Å². The highest BCUT2D eigenvalue weighted by Crippen LogP contribution is 2.27. The van der Waals surface area contributed by atoms with Crippen molar-refractivity contribution in [3.8, 4) is 17.0 Å². The number of nitrogens with zero attached hydrogens (tertiary/aromatic N) is 3. The Morgan fingerprint density at radius 2 is 1.92 bits per heavy atom. The molecule has 1 aliphatic rings. The zero-order valence-corrected chi connectivity index (χ0v) is 13.2. The number of benzene rings is 1. The number of hydrogen-bond acceptors (Lipinski definition) is 4. The highest BCUT2D eigenvalue weighted by atomic mass is 19.1. The van der Waals surface area contributed by atoms with Crippen molar-refractivity contribution in [2.75, 3.05) is 24.7 Å². The lowest BCUT2D eigenvalue weighted by atomic mass is 9.99. The molecule has 1 saturated heterocycles. The van der Waals surface area contributed by atoms with Crippen molar-refractivity contribution >= 4 is 16.9 Å². The number of halogens is 1. The molecule has 124 valence electrons. The van der Waals surface area contributed by atoms with Crippen molar-refractivity contribution in [2.45, 2.75) is 12.8 Å². The Balaban J connectivity index is 1.54. The van der Waals surface area contributed by atoms with E-state index >= 15 is 0 Å². The Kier molecular flexibility index (Phi) is 3.80.